The van der Waals surface area contributed by atoms with Crippen molar-refractivity contribution in [2.45, 2.75) is 34.8 Å². The fourth-order valence-electron chi connectivity index (χ4n) is 3.00. The molecular formula is C17H16ClF3N2O2S2. The van der Waals surface area contributed by atoms with E-state index >= 15 is 0 Å². The van der Waals surface area contributed by atoms with Gasteiger partial charge in [-0.05, 0) is 37.1 Å². The van der Waals surface area contributed by atoms with E-state index < -0.39 is 17.7 Å². The summed E-state index contributed by atoms with van der Waals surface area (Å²) in [6, 6.07) is 5.16. The van der Waals surface area contributed by atoms with E-state index in [-0.39, 0.29) is 17.1 Å². The van der Waals surface area contributed by atoms with Gasteiger partial charge in [-0.2, -0.15) is 13.2 Å². The molecule has 0 radical (unpaired) electrons. The Morgan fingerprint density at radius 3 is 2.67 bits per heavy atom. The van der Waals surface area contributed by atoms with Crippen LogP contribution in [0.25, 0.3) is 0 Å². The summed E-state index contributed by atoms with van der Waals surface area (Å²) in [4.78, 5) is 16.9. The molecule has 10 heteroatoms. The molecule has 2 unspecified atom stereocenters. The van der Waals surface area contributed by atoms with Crippen LogP contribution in [0.15, 0.2) is 34.0 Å². The number of nitrogens with zero attached hydrogens (tertiary/aromatic N) is 2. The smallest absolute Gasteiger partial charge is 0.416 e. The molecule has 1 aromatic heterocycles. The third-order valence-electron chi connectivity index (χ3n) is 4.33. The number of hydrogen-bond acceptors (Lipinski definition) is 5. The number of hydrogen-bond donors (Lipinski definition) is 1. The Hall–Kier alpha value is -1.45. The molecule has 3 rings (SSSR count). The van der Waals surface area contributed by atoms with Gasteiger partial charge < -0.3 is 10.0 Å². The van der Waals surface area contributed by atoms with Gasteiger partial charge >= 0.3 is 12.1 Å². The first-order chi connectivity index (χ1) is 12.8. The lowest BCUT2D eigenvalue weighted by atomic mass is 10.1. The van der Waals surface area contributed by atoms with E-state index in [0.717, 1.165) is 30.7 Å². The minimum atomic E-state index is -4.35. The summed E-state index contributed by atoms with van der Waals surface area (Å²) in [5.74, 6) is -0.361. The van der Waals surface area contributed by atoms with Gasteiger partial charge in [0, 0.05) is 29.4 Å². The van der Waals surface area contributed by atoms with Crippen molar-refractivity contribution in [1.29, 1.82) is 0 Å². The Labute approximate surface area is 167 Å². The van der Waals surface area contributed by atoms with Crippen LogP contribution < -0.4 is 4.90 Å². The van der Waals surface area contributed by atoms with Crippen molar-refractivity contribution in [2.75, 3.05) is 17.2 Å². The second kappa shape index (κ2) is 8.28. The second-order valence-corrected chi connectivity index (χ2v) is 8.81. The van der Waals surface area contributed by atoms with Gasteiger partial charge in [-0.25, -0.2) is 9.78 Å². The molecule has 2 atom stereocenters. The van der Waals surface area contributed by atoms with Crippen LogP contribution in [0.1, 0.15) is 28.9 Å². The largest absolute Gasteiger partial charge is 0.476 e. The van der Waals surface area contributed by atoms with Crippen molar-refractivity contribution in [3.8, 4) is 0 Å². The molecule has 1 fully saturated rings. The minimum Gasteiger partial charge on any atom is -0.476 e. The Bertz CT molecular complexity index is 798. The summed E-state index contributed by atoms with van der Waals surface area (Å²) in [7, 11) is 0. The SMILES string of the molecule is O=C(O)c1csc(SCCC2C(Cl)CCN2c2ccc(C(F)(F)F)cc2)n1. The lowest BCUT2D eigenvalue weighted by Crippen LogP contribution is -2.33. The zero-order valence-electron chi connectivity index (χ0n) is 13.9. The van der Waals surface area contributed by atoms with E-state index in [1.807, 2.05) is 4.90 Å². The van der Waals surface area contributed by atoms with Crippen molar-refractivity contribution in [1.82, 2.24) is 4.98 Å². The predicted octanol–water partition coefficient (Wildman–Crippen LogP) is 5.23. The highest BCUT2D eigenvalue weighted by atomic mass is 35.5. The summed E-state index contributed by atoms with van der Waals surface area (Å²) < 4.78 is 38.9. The van der Waals surface area contributed by atoms with Gasteiger partial charge in [-0.15, -0.1) is 22.9 Å². The number of rotatable bonds is 6. The molecule has 27 heavy (non-hydrogen) atoms. The molecule has 1 N–H and O–H groups in total. The quantitative estimate of drug-likeness (QED) is 0.496. The topological polar surface area (TPSA) is 53.4 Å². The average Bonchev–Trinajstić information content (AvgIpc) is 3.22. The number of anilines is 1. The van der Waals surface area contributed by atoms with Crippen molar-refractivity contribution in [2.24, 2.45) is 0 Å². The van der Waals surface area contributed by atoms with Gasteiger partial charge in [0.15, 0.2) is 10.0 Å². The molecule has 4 nitrogen and oxygen atoms in total. The molecule has 1 aliphatic heterocycles. The first-order valence-corrected chi connectivity index (χ1v) is 10.5. The van der Waals surface area contributed by atoms with Crippen LogP contribution in [0.2, 0.25) is 0 Å². The summed E-state index contributed by atoms with van der Waals surface area (Å²) in [5.41, 5.74) is 0.0894. The lowest BCUT2D eigenvalue weighted by molar-refractivity contribution is -0.137. The fourth-order valence-corrected chi connectivity index (χ4v) is 5.24. The number of carboxylic acids is 1. The molecule has 0 spiro atoms. The van der Waals surface area contributed by atoms with E-state index in [4.69, 9.17) is 16.7 Å². The minimum absolute atomic E-state index is 0.00908. The predicted molar refractivity (Wildman–Crippen MR) is 101 cm³/mol. The second-order valence-electron chi connectivity index (χ2n) is 6.05. The lowest BCUT2D eigenvalue weighted by Gasteiger charge is -2.28. The number of benzene rings is 1. The van der Waals surface area contributed by atoms with E-state index in [1.165, 1.54) is 40.6 Å². The van der Waals surface area contributed by atoms with Crippen molar-refractivity contribution in [3.63, 3.8) is 0 Å². The molecule has 1 aromatic carbocycles. The number of alkyl halides is 4. The van der Waals surface area contributed by atoms with Crippen LogP contribution in [-0.2, 0) is 6.18 Å². The summed E-state index contributed by atoms with van der Waals surface area (Å²) in [5, 5.41) is 10.3. The third kappa shape index (κ3) is 4.89. The zero-order chi connectivity index (χ0) is 19.6. The normalized spacial score (nSPS) is 20.2. The molecule has 1 saturated heterocycles. The molecule has 1 aliphatic rings. The van der Waals surface area contributed by atoms with Gasteiger partial charge in [0.1, 0.15) is 0 Å². The van der Waals surface area contributed by atoms with Crippen LogP contribution in [0.4, 0.5) is 18.9 Å². The molecule has 0 aliphatic carbocycles. The first kappa shape index (κ1) is 20.3. The molecular weight excluding hydrogens is 421 g/mol. The number of halogens is 4. The maximum absolute atomic E-state index is 12.7. The summed E-state index contributed by atoms with van der Waals surface area (Å²) in [6.45, 7) is 0.690. The third-order valence-corrected chi connectivity index (χ3v) is 6.89. The molecule has 146 valence electrons. The van der Waals surface area contributed by atoms with Crippen molar-refractivity contribution < 1.29 is 23.1 Å². The van der Waals surface area contributed by atoms with Crippen LogP contribution in [0, 0.1) is 0 Å². The van der Waals surface area contributed by atoms with Gasteiger partial charge in [-0.3, -0.25) is 0 Å². The maximum Gasteiger partial charge on any atom is 0.416 e. The number of thiazole rings is 1. The highest BCUT2D eigenvalue weighted by Gasteiger charge is 2.34. The summed E-state index contributed by atoms with van der Waals surface area (Å²) >= 11 is 9.17. The summed E-state index contributed by atoms with van der Waals surface area (Å²) in [6.07, 6.45) is -2.86. The number of aromatic carboxylic acids is 1. The van der Waals surface area contributed by atoms with E-state index in [0.29, 0.717) is 16.6 Å². The highest BCUT2D eigenvalue weighted by Crippen LogP contribution is 2.35. The number of carbonyl (C=O) groups is 1. The number of thioether (sulfide) groups is 1. The Kier molecular flexibility index (Phi) is 6.22. The van der Waals surface area contributed by atoms with Gasteiger partial charge in [0.05, 0.1) is 10.9 Å². The maximum atomic E-state index is 12.7. The van der Waals surface area contributed by atoms with Crippen molar-refractivity contribution >= 4 is 46.4 Å². The molecule has 0 bridgehead atoms. The molecule has 2 heterocycles. The van der Waals surface area contributed by atoms with Crippen LogP contribution >= 0.6 is 34.7 Å². The standard InChI is InChI=1S/C17H16ClF3N2O2S2/c18-12-5-7-23(11-3-1-10(2-4-11)17(19,20)21)14(12)6-8-26-16-22-13(9-27-16)15(24)25/h1-4,9,12,14H,5-8H2,(H,24,25). The van der Waals surface area contributed by atoms with Crippen LogP contribution in [0.5, 0.6) is 0 Å². The highest BCUT2D eigenvalue weighted by molar-refractivity contribution is 8.01. The van der Waals surface area contributed by atoms with E-state index in [9.17, 15) is 18.0 Å². The van der Waals surface area contributed by atoms with E-state index in [1.54, 1.807) is 0 Å². The molecule has 2 aromatic rings. The van der Waals surface area contributed by atoms with Gasteiger partial charge in [0.25, 0.3) is 0 Å². The van der Waals surface area contributed by atoms with Gasteiger partial charge in [0.2, 0.25) is 0 Å². The fraction of sp³-hybridized carbons (Fsp3) is 0.412. The molecule has 0 amide bonds. The monoisotopic (exact) mass is 436 g/mol. The Morgan fingerprint density at radius 2 is 2.07 bits per heavy atom. The Balaban J connectivity index is 1.62. The average molecular weight is 437 g/mol. The van der Waals surface area contributed by atoms with Crippen molar-refractivity contribution in [3.05, 3.63) is 40.9 Å². The van der Waals surface area contributed by atoms with E-state index in [2.05, 4.69) is 4.98 Å². The zero-order valence-corrected chi connectivity index (χ0v) is 16.3. The molecule has 0 saturated carbocycles. The van der Waals surface area contributed by atoms with Gasteiger partial charge in [-0.1, -0.05) is 11.8 Å². The number of aromatic nitrogens is 1. The first-order valence-electron chi connectivity index (χ1n) is 8.15. The Morgan fingerprint density at radius 1 is 1.37 bits per heavy atom. The van der Waals surface area contributed by atoms with Crippen LogP contribution in [-0.4, -0.2) is 39.8 Å². The number of carboxylic acid groups (broad SMARTS) is 1. The van der Waals surface area contributed by atoms with Crippen LogP contribution in [0.3, 0.4) is 0 Å².